The Morgan fingerprint density at radius 3 is 2.36 bits per heavy atom. The Hall–Kier alpha value is -1.66. The molecule has 2 aromatic rings. The summed E-state index contributed by atoms with van der Waals surface area (Å²) in [6.07, 6.45) is -4.58. The van der Waals surface area contributed by atoms with Crippen LogP contribution in [0.2, 0.25) is 5.02 Å². The van der Waals surface area contributed by atoms with Gasteiger partial charge in [-0.15, -0.1) is 11.8 Å². The van der Waals surface area contributed by atoms with Crippen molar-refractivity contribution in [3.63, 3.8) is 0 Å². The van der Waals surface area contributed by atoms with Crippen LogP contribution in [0.5, 0.6) is 0 Å². The zero-order valence-corrected chi connectivity index (χ0v) is 15.3. The van der Waals surface area contributed by atoms with Crippen LogP contribution in [-0.2, 0) is 16.7 Å². The minimum absolute atomic E-state index is 0.0329. The lowest BCUT2D eigenvalue weighted by molar-refractivity contribution is -0.137. The highest BCUT2D eigenvalue weighted by Gasteiger charge is 2.34. The summed E-state index contributed by atoms with van der Waals surface area (Å²) in [7, 11) is 0. The van der Waals surface area contributed by atoms with E-state index < -0.39 is 17.6 Å². The van der Waals surface area contributed by atoms with Crippen LogP contribution in [0, 0.1) is 13.8 Å². The van der Waals surface area contributed by atoms with Crippen LogP contribution >= 0.6 is 23.4 Å². The number of amides is 1. The predicted octanol–water partition coefficient (Wildman–Crippen LogP) is 5.85. The van der Waals surface area contributed by atoms with Gasteiger partial charge in [0.25, 0.3) is 0 Å². The second-order valence-electron chi connectivity index (χ2n) is 5.72. The van der Waals surface area contributed by atoms with Crippen molar-refractivity contribution in [2.45, 2.75) is 25.8 Å². The summed E-state index contributed by atoms with van der Waals surface area (Å²) in [5.74, 6) is 0.192. The zero-order valence-electron chi connectivity index (χ0n) is 13.7. The average molecular weight is 388 g/mol. The predicted molar refractivity (Wildman–Crippen MR) is 97.2 cm³/mol. The molecule has 0 heterocycles. The lowest BCUT2D eigenvalue weighted by Crippen LogP contribution is -2.18. The third kappa shape index (κ3) is 5.97. The number of halogens is 4. The lowest BCUT2D eigenvalue weighted by Gasteiger charge is -2.14. The number of alkyl halides is 3. The average Bonchev–Trinajstić information content (AvgIpc) is 2.47. The number of aryl methyl sites for hydroxylation is 2. The quantitative estimate of drug-likeness (QED) is 0.697. The molecule has 0 spiro atoms. The third-order valence-electron chi connectivity index (χ3n) is 3.34. The largest absolute Gasteiger partial charge is 0.418 e. The van der Waals surface area contributed by atoms with E-state index in [1.54, 1.807) is 0 Å². The van der Waals surface area contributed by atoms with Crippen LogP contribution in [0.25, 0.3) is 0 Å². The number of hydrogen-bond acceptors (Lipinski definition) is 2. The molecule has 0 saturated carbocycles. The summed E-state index contributed by atoms with van der Waals surface area (Å²) in [4.78, 5) is 12.0. The van der Waals surface area contributed by atoms with Crippen molar-refractivity contribution in [1.29, 1.82) is 0 Å². The first-order valence-electron chi connectivity index (χ1n) is 7.46. The van der Waals surface area contributed by atoms with Gasteiger partial charge in [0.05, 0.1) is 17.0 Å². The van der Waals surface area contributed by atoms with Crippen molar-refractivity contribution in [3.05, 3.63) is 63.7 Å². The van der Waals surface area contributed by atoms with E-state index in [0.29, 0.717) is 5.75 Å². The van der Waals surface area contributed by atoms with Gasteiger partial charge in [0.1, 0.15) is 0 Å². The highest BCUT2D eigenvalue weighted by Crippen LogP contribution is 2.36. The van der Waals surface area contributed by atoms with E-state index in [1.807, 2.05) is 26.0 Å². The smallest absolute Gasteiger partial charge is 0.325 e. The second kappa shape index (κ2) is 8.15. The molecule has 134 valence electrons. The Bertz CT molecular complexity index is 757. The van der Waals surface area contributed by atoms with Crippen LogP contribution in [0.4, 0.5) is 18.9 Å². The number of nitrogens with one attached hydrogen (secondary N) is 1. The number of carbonyl (C=O) groups excluding carboxylic acids is 1. The minimum atomic E-state index is -4.58. The molecule has 0 fully saturated rings. The number of hydrogen-bond donors (Lipinski definition) is 1. The van der Waals surface area contributed by atoms with Crippen molar-refractivity contribution in [1.82, 2.24) is 0 Å². The number of thioether (sulfide) groups is 1. The van der Waals surface area contributed by atoms with Crippen molar-refractivity contribution >= 4 is 35.0 Å². The number of rotatable bonds is 5. The van der Waals surface area contributed by atoms with E-state index in [9.17, 15) is 18.0 Å². The molecule has 0 atom stereocenters. The molecule has 0 unspecified atom stereocenters. The number of carbonyl (C=O) groups is 1. The Labute approximate surface area is 153 Å². The van der Waals surface area contributed by atoms with Gasteiger partial charge >= 0.3 is 6.18 Å². The zero-order chi connectivity index (χ0) is 18.6. The fourth-order valence-electron chi connectivity index (χ4n) is 2.46. The Morgan fingerprint density at radius 1 is 1.12 bits per heavy atom. The minimum Gasteiger partial charge on any atom is -0.325 e. The molecule has 1 amide bonds. The molecule has 0 aliphatic carbocycles. The van der Waals surface area contributed by atoms with Crippen LogP contribution in [0.1, 0.15) is 22.3 Å². The molecule has 0 aromatic heterocycles. The molecule has 0 radical (unpaired) electrons. The first kappa shape index (κ1) is 19.7. The summed E-state index contributed by atoms with van der Waals surface area (Å²) in [6.45, 7) is 3.99. The molecule has 0 aliphatic rings. The molecule has 0 saturated heterocycles. The van der Waals surface area contributed by atoms with Crippen molar-refractivity contribution < 1.29 is 18.0 Å². The maximum atomic E-state index is 13.0. The summed E-state index contributed by atoms with van der Waals surface area (Å²) < 4.78 is 39.0. The molecule has 0 aliphatic heterocycles. The molecule has 25 heavy (non-hydrogen) atoms. The fourth-order valence-corrected chi connectivity index (χ4v) is 3.39. The van der Waals surface area contributed by atoms with Crippen LogP contribution in [-0.4, -0.2) is 11.7 Å². The van der Waals surface area contributed by atoms with Crippen molar-refractivity contribution in [2.24, 2.45) is 0 Å². The Morgan fingerprint density at radius 2 is 1.76 bits per heavy atom. The highest BCUT2D eigenvalue weighted by molar-refractivity contribution is 7.99. The lowest BCUT2D eigenvalue weighted by atomic mass is 10.1. The molecule has 2 rings (SSSR count). The van der Waals surface area contributed by atoms with E-state index in [1.165, 1.54) is 17.8 Å². The molecule has 1 N–H and O–H groups in total. The van der Waals surface area contributed by atoms with Crippen LogP contribution in [0.15, 0.2) is 36.4 Å². The summed E-state index contributed by atoms with van der Waals surface area (Å²) >= 11 is 6.97. The molecular formula is C18H17ClF3NOS. The van der Waals surface area contributed by atoms with Gasteiger partial charge in [0, 0.05) is 10.8 Å². The van der Waals surface area contributed by atoms with Gasteiger partial charge in [-0.3, -0.25) is 4.79 Å². The van der Waals surface area contributed by atoms with E-state index in [4.69, 9.17) is 11.6 Å². The topological polar surface area (TPSA) is 29.1 Å². The summed E-state index contributed by atoms with van der Waals surface area (Å²) in [5.41, 5.74) is 2.12. The van der Waals surface area contributed by atoms with Crippen LogP contribution < -0.4 is 5.32 Å². The molecule has 7 heteroatoms. The van der Waals surface area contributed by atoms with Gasteiger partial charge < -0.3 is 5.32 Å². The molecule has 2 nitrogen and oxygen atoms in total. The molecular weight excluding hydrogens is 371 g/mol. The Kier molecular flexibility index (Phi) is 6.41. The standard InChI is InChI=1S/C18H17ClF3NOS/c1-11-5-12(2)7-13(6-11)9-25-10-17(24)23-16-4-3-14(19)8-15(16)18(20,21)22/h3-8H,9-10H2,1-2H3,(H,23,24). The van der Waals surface area contributed by atoms with E-state index in [2.05, 4.69) is 11.4 Å². The third-order valence-corrected chi connectivity index (χ3v) is 4.58. The summed E-state index contributed by atoms with van der Waals surface area (Å²) in [6, 6.07) is 9.39. The fraction of sp³-hybridized carbons (Fsp3) is 0.278. The number of benzene rings is 2. The normalized spacial score (nSPS) is 11.4. The highest BCUT2D eigenvalue weighted by atomic mass is 35.5. The summed E-state index contributed by atoms with van der Waals surface area (Å²) in [5, 5.41) is 2.28. The second-order valence-corrected chi connectivity index (χ2v) is 7.15. The molecule has 2 aromatic carbocycles. The van der Waals surface area contributed by atoms with Gasteiger partial charge in [-0.25, -0.2) is 0 Å². The molecule has 0 bridgehead atoms. The maximum Gasteiger partial charge on any atom is 0.418 e. The maximum absolute atomic E-state index is 13.0. The van der Waals surface area contributed by atoms with E-state index in [0.717, 1.165) is 28.8 Å². The van der Waals surface area contributed by atoms with Gasteiger partial charge in [0.15, 0.2) is 0 Å². The van der Waals surface area contributed by atoms with E-state index in [-0.39, 0.29) is 16.5 Å². The van der Waals surface area contributed by atoms with Gasteiger partial charge in [-0.2, -0.15) is 13.2 Å². The van der Waals surface area contributed by atoms with Gasteiger partial charge in [-0.05, 0) is 37.6 Å². The first-order chi connectivity index (χ1) is 11.6. The van der Waals surface area contributed by atoms with Crippen LogP contribution in [0.3, 0.4) is 0 Å². The van der Waals surface area contributed by atoms with Gasteiger partial charge in [-0.1, -0.05) is 40.9 Å². The number of anilines is 1. The first-order valence-corrected chi connectivity index (χ1v) is 9.00. The van der Waals surface area contributed by atoms with Crippen molar-refractivity contribution in [2.75, 3.05) is 11.1 Å². The monoisotopic (exact) mass is 387 g/mol. The SMILES string of the molecule is Cc1cc(C)cc(CSCC(=O)Nc2ccc(Cl)cc2C(F)(F)F)c1. The van der Waals surface area contributed by atoms with E-state index >= 15 is 0 Å². The van der Waals surface area contributed by atoms with Crippen molar-refractivity contribution in [3.8, 4) is 0 Å². The Balaban J connectivity index is 1.97. The van der Waals surface area contributed by atoms with Gasteiger partial charge in [0.2, 0.25) is 5.91 Å².